The Hall–Kier alpha value is -3.75. The molecule has 164 valence electrons. The molecular weight excluding hydrogens is 410 g/mol. The van der Waals surface area contributed by atoms with Crippen molar-refractivity contribution in [3.63, 3.8) is 0 Å². The first-order valence-electron chi connectivity index (χ1n) is 10.7. The lowest BCUT2D eigenvalue weighted by Crippen LogP contribution is -2.38. The third kappa shape index (κ3) is 3.70. The van der Waals surface area contributed by atoms with Crippen molar-refractivity contribution in [1.82, 2.24) is 19.8 Å². The average Bonchev–Trinajstić information content (AvgIpc) is 3.26. The van der Waals surface area contributed by atoms with Gasteiger partial charge in [-0.15, -0.1) is 15.3 Å². The molecule has 0 N–H and O–H groups in total. The summed E-state index contributed by atoms with van der Waals surface area (Å²) in [5.74, 6) is 0.837. The molecule has 1 fully saturated rings. The SMILES string of the molecule is CCc1cc2c(C)cc(=O)oc2cc1OC(=O)C1CCN(c2ccc3nncn3n2)CC1. The summed E-state index contributed by atoms with van der Waals surface area (Å²) >= 11 is 0. The van der Waals surface area contributed by atoms with Crippen LogP contribution in [0.1, 0.15) is 30.9 Å². The second-order valence-electron chi connectivity index (χ2n) is 8.07. The van der Waals surface area contributed by atoms with E-state index in [2.05, 4.69) is 20.2 Å². The molecule has 0 atom stereocenters. The summed E-state index contributed by atoms with van der Waals surface area (Å²) in [6.45, 7) is 5.28. The van der Waals surface area contributed by atoms with E-state index in [0.717, 1.165) is 22.3 Å². The van der Waals surface area contributed by atoms with Gasteiger partial charge in [0.15, 0.2) is 5.65 Å². The second kappa shape index (κ2) is 8.07. The van der Waals surface area contributed by atoms with Crippen molar-refractivity contribution < 1.29 is 13.9 Å². The van der Waals surface area contributed by atoms with Crippen molar-refractivity contribution in [2.24, 2.45) is 5.92 Å². The highest BCUT2D eigenvalue weighted by Crippen LogP contribution is 2.30. The number of esters is 1. The Labute approximate surface area is 183 Å². The number of nitrogens with zero attached hydrogens (tertiary/aromatic N) is 5. The summed E-state index contributed by atoms with van der Waals surface area (Å²) in [6, 6.07) is 8.86. The molecule has 0 spiro atoms. The Morgan fingerprint density at radius 3 is 2.81 bits per heavy atom. The summed E-state index contributed by atoms with van der Waals surface area (Å²) in [7, 11) is 0. The molecule has 0 unspecified atom stereocenters. The van der Waals surface area contributed by atoms with Gasteiger partial charge >= 0.3 is 11.6 Å². The van der Waals surface area contributed by atoms with Gasteiger partial charge in [-0.1, -0.05) is 6.92 Å². The van der Waals surface area contributed by atoms with E-state index in [9.17, 15) is 9.59 Å². The number of piperidine rings is 1. The Kier molecular flexibility index (Phi) is 5.08. The van der Waals surface area contributed by atoms with Crippen LogP contribution in [0.5, 0.6) is 5.75 Å². The summed E-state index contributed by atoms with van der Waals surface area (Å²) < 4.78 is 12.8. The number of aryl methyl sites for hydroxylation is 2. The van der Waals surface area contributed by atoms with E-state index in [1.807, 2.05) is 32.0 Å². The lowest BCUT2D eigenvalue weighted by molar-refractivity contribution is -0.139. The highest BCUT2D eigenvalue weighted by atomic mass is 16.5. The van der Waals surface area contributed by atoms with Gasteiger partial charge in [0.05, 0.1) is 5.92 Å². The van der Waals surface area contributed by atoms with Crippen LogP contribution in [-0.4, -0.2) is 38.9 Å². The maximum absolute atomic E-state index is 12.9. The lowest BCUT2D eigenvalue weighted by atomic mass is 9.97. The van der Waals surface area contributed by atoms with Gasteiger partial charge in [-0.25, -0.2) is 4.79 Å². The summed E-state index contributed by atoms with van der Waals surface area (Å²) in [4.78, 5) is 26.8. The molecule has 3 aromatic heterocycles. The fourth-order valence-electron chi connectivity index (χ4n) is 4.19. The number of benzene rings is 1. The molecule has 1 aliphatic rings. The van der Waals surface area contributed by atoms with E-state index in [0.29, 0.717) is 49.3 Å². The van der Waals surface area contributed by atoms with Crippen molar-refractivity contribution in [2.45, 2.75) is 33.1 Å². The van der Waals surface area contributed by atoms with Crippen molar-refractivity contribution >= 4 is 28.4 Å². The first-order valence-corrected chi connectivity index (χ1v) is 10.7. The minimum atomic E-state index is -0.415. The summed E-state index contributed by atoms with van der Waals surface area (Å²) in [5.41, 5.74) is 2.46. The Morgan fingerprint density at radius 1 is 1.22 bits per heavy atom. The van der Waals surface area contributed by atoms with Gasteiger partial charge < -0.3 is 14.1 Å². The fraction of sp³-hybridized carbons (Fsp3) is 0.348. The average molecular weight is 433 g/mol. The van der Waals surface area contributed by atoms with Crippen LogP contribution in [0.3, 0.4) is 0 Å². The maximum atomic E-state index is 12.9. The molecule has 0 aliphatic carbocycles. The molecule has 0 radical (unpaired) electrons. The summed E-state index contributed by atoms with van der Waals surface area (Å²) in [6.07, 6.45) is 3.61. The minimum absolute atomic E-state index is 0.199. The van der Waals surface area contributed by atoms with Crippen LogP contribution in [0.15, 0.2) is 45.9 Å². The van der Waals surface area contributed by atoms with Gasteiger partial charge in [0, 0.05) is 30.6 Å². The number of ether oxygens (including phenoxy) is 1. The number of hydrogen-bond donors (Lipinski definition) is 0. The number of fused-ring (bicyclic) bond motifs is 2. The molecule has 1 aliphatic heterocycles. The van der Waals surface area contributed by atoms with E-state index in [1.54, 1.807) is 16.9 Å². The van der Waals surface area contributed by atoms with E-state index in [-0.39, 0.29) is 11.9 Å². The minimum Gasteiger partial charge on any atom is -0.426 e. The quantitative estimate of drug-likeness (QED) is 0.275. The molecule has 32 heavy (non-hydrogen) atoms. The van der Waals surface area contributed by atoms with Gasteiger partial charge in [0.2, 0.25) is 0 Å². The predicted molar refractivity (Wildman–Crippen MR) is 118 cm³/mol. The van der Waals surface area contributed by atoms with Crippen molar-refractivity contribution in [3.8, 4) is 5.75 Å². The molecule has 1 saturated heterocycles. The molecule has 0 amide bonds. The number of hydrogen-bond acceptors (Lipinski definition) is 8. The van der Waals surface area contributed by atoms with Gasteiger partial charge in [-0.2, -0.15) is 4.52 Å². The number of aromatic nitrogens is 4. The molecule has 4 heterocycles. The van der Waals surface area contributed by atoms with E-state index < -0.39 is 5.63 Å². The zero-order valence-corrected chi connectivity index (χ0v) is 17.9. The van der Waals surface area contributed by atoms with Crippen LogP contribution in [0.2, 0.25) is 0 Å². The summed E-state index contributed by atoms with van der Waals surface area (Å²) in [5, 5.41) is 13.2. The largest absolute Gasteiger partial charge is 0.426 e. The molecule has 5 rings (SSSR count). The molecule has 0 saturated carbocycles. The van der Waals surface area contributed by atoms with Crippen LogP contribution in [0, 0.1) is 12.8 Å². The number of carbonyl (C=O) groups is 1. The fourth-order valence-corrected chi connectivity index (χ4v) is 4.19. The Balaban J connectivity index is 1.30. The monoisotopic (exact) mass is 433 g/mol. The van der Waals surface area contributed by atoms with Crippen LogP contribution in [0.4, 0.5) is 5.82 Å². The molecule has 0 bridgehead atoms. The third-order valence-electron chi connectivity index (χ3n) is 6.02. The van der Waals surface area contributed by atoms with Crippen LogP contribution < -0.4 is 15.3 Å². The van der Waals surface area contributed by atoms with Crippen molar-refractivity contribution in [2.75, 3.05) is 18.0 Å². The molecular formula is C23H23N5O4. The van der Waals surface area contributed by atoms with E-state index in [1.165, 1.54) is 6.07 Å². The normalized spacial score (nSPS) is 14.9. The van der Waals surface area contributed by atoms with Gasteiger partial charge in [-0.05, 0) is 55.5 Å². The standard InChI is InChI=1S/C23H23N5O4/c1-3-15-11-17-14(2)10-22(29)31-19(17)12-18(15)32-23(30)16-6-8-27(9-7-16)21-5-4-20-25-24-13-28(20)26-21/h4-5,10-13,16H,3,6-9H2,1-2H3. The lowest BCUT2D eigenvalue weighted by Gasteiger charge is -2.31. The molecule has 9 nitrogen and oxygen atoms in total. The highest BCUT2D eigenvalue weighted by Gasteiger charge is 2.28. The van der Waals surface area contributed by atoms with Gasteiger partial charge in [0.25, 0.3) is 0 Å². The zero-order valence-electron chi connectivity index (χ0n) is 17.9. The number of carbonyl (C=O) groups excluding carboxylic acids is 1. The maximum Gasteiger partial charge on any atom is 0.336 e. The smallest absolute Gasteiger partial charge is 0.336 e. The van der Waals surface area contributed by atoms with Gasteiger partial charge in [-0.3, -0.25) is 4.79 Å². The van der Waals surface area contributed by atoms with Crippen LogP contribution in [-0.2, 0) is 11.2 Å². The third-order valence-corrected chi connectivity index (χ3v) is 6.02. The zero-order chi connectivity index (χ0) is 22.2. The van der Waals surface area contributed by atoms with Gasteiger partial charge in [0.1, 0.15) is 23.5 Å². The van der Waals surface area contributed by atoms with Crippen LogP contribution >= 0.6 is 0 Å². The molecule has 4 aromatic rings. The topological polar surface area (TPSA) is 103 Å². The first kappa shape index (κ1) is 20.2. The Bertz CT molecular complexity index is 1370. The van der Waals surface area contributed by atoms with Crippen LogP contribution in [0.25, 0.3) is 16.6 Å². The number of rotatable bonds is 4. The predicted octanol–water partition coefficient (Wildman–Crippen LogP) is 2.92. The first-order chi connectivity index (χ1) is 15.5. The Morgan fingerprint density at radius 2 is 2.03 bits per heavy atom. The van der Waals surface area contributed by atoms with Crippen molar-refractivity contribution in [3.05, 3.63) is 58.2 Å². The van der Waals surface area contributed by atoms with E-state index in [4.69, 9.17) is 9.15 Å². The van der Waals surface area contributed by atoms with E-state index >= 15 is 0 Å². The molecule has 1 aromatic carbocycles. The molecule has 9 heteroatoms. The number of anilines is 1. The van der Waals surface area contributed by atoms with Crippen molar-refractivity contribution in [1.29, 1.82) is 0 Å². The second-order valence-corrected chi connectivity index (χ2v) is 8.07. The highest BCUT2D eigenvalue weighted by molar-refractivity contribution is 5.84.